The van der Waals surface area contributed by atoms with E-state index in [-0.39, 0.29) is 26.4 Å². The molecule has 0 aliphatic heterocycles. The Morgan fingerprint density at radius 3 is 1.20 bits per heavy atom. The second kappa shape index (κ2) is 14.0. The summed E-state index contributed by atoms with van der Waals surface area (Å²) in [6.07, 6.45) is -4.57. The van der Waals surface area contributed by atoms with Crippen LogP contribution in [0.3, 0.4) is 0 Å². The summed E-state index contributed by atoms with van der Waals surface area (Å²) in [5.41, 5.74) is 2.16. The van der Waals surface area contributed by atoms with Gasteiger partial charge in [-0.3, -0.25) is 0 Å². The first kappa shape index (κ1) is 29.1. The molecule has 0 heterocycles. The fourth-order valence-electron chi connectivity index (χ4n) is 5.25. The highest BCUT2D eigenvalue weighted by Crippen LogP contribution is 2.38. The van der Waals surface area contributed by atoms with Gasteiger partial charge >= 0.3 is 0 Å². The zero-order valence-corrected chi connectivity index (χ0v) is 23.3. The molecule has 1 saturated carbocycles. The van der Waals surface area contributed by atoms with Gasteiger partial charge in [0.05, 0.1) is 26.4 Å². The molecular formula is C35H38O6. The molecule has 1 aliphatic carbocycles. The lowest BCUT2D eigenvalue weighted by Gasteiger charge is -2.51. The Balaban J connectivity index is 1.46. The summed E-state index contributed by atoms with van der Waals surface area (Å²) in [6.45, 7) is 2.62. The van der Waals surface area contributed by atoms with Crippen LogP contribution in [0.4, 0.5) is 0 Å². The van der Waals surface area contributed by atoms with E-state index in [4.69, 9.17) is 18.9 Å². The van der Waals surface area contributed by atoms with Crippen molar-refractivity contribution in [3.63, 3.8) is 0 Å². The fourth-order valence-corrected chi connectivity index (χ4v) is 5.25. The van der Waals surface area contributed by atoms with Crippen molar-refractivity contribution >= 4 is 0 Å². The van der Waals surface area contributed by atoms with E-state index >= 15 is 0 Å². The van der Waals surface area contributed by atoms with E-state index in [1.54, 1.807) is 6.92 Å². The van der Waals surface area contributed by atoms with E-state index < -0.39 is 36.1 Å². The third-order valence-corrected chi connectivity index (χ3v) is 7.56. The molecule has 0 amide bonds. The average Bonchev–Trinajstić information content (AvgIpc) is 3.02. The largest absolute Gasteiger partial charge is 0.387 e. The number of hydrogen-bond donors (Lipinski definition) is 2. The lowest BCUT2D eigenvalue weighted by atomic mass is 9.75. The maximum absolute atomic E-state index is 11.8. The smallest absolute Gasteiger partial charge is 0.119 e. The van der Waals surface area contributed by atoms with Gasteiger partial charge in [-0.2, -0.15) is 0 Å². The van der Waals surface area contributed by atoms with Gasteiger partial charge in [-0.25, -0.2) is 0 Å². The van der Waals surface area contributed by atoms with Crippen LogP contribution in [0.2, 0.25) is 0 Å². The quantitative estimate of drug-likeness (QED) is 0.242. The Bertz CT molecular complexity index is 1300. The number of benzene rings is 4. The van der Waals surface area contributed by atoms with Crippen LogP contribution in [0.25, 0.3) is 0 Å². The number of rotatable bonds is 12. The Hall–Kier alpha value is -3.36. The molecule has 0 aromatic heterocycles. The molecule has 4 aromatic rings. The number of hydrogen-bond acceptors (Lipinski definition) is 6. The monoisotopic (exact) mass is 554 g/mol. The van der Waals surface area contributed by atoms with Gasteiger partial charge in [-0.1, -0.05) is 121 Å². The molecule has 1 aliphatic rings. The van der Waals surface area contributed by atoms with Crippen molar-refractivity contribution in [3.8, 4) is 0 Å². The zero-order valence-electron chi connectivity index (χ0n) is 23.3. The normalized spacial score (nSPS) is 26.1. The molecule has 4 aromatic carbocycles. The first-order valence-electron chi connectivity index (χ1n) is 14.0. The zero-order chi connectivity index (χ0) is 28.5. The van der Waals surface area contributed by atoms with Crippen molar-refractivity contribution in [3.05, 3.63) is 144 Å². The Labute approximate surface area is 242 Å². The van der Waals surface area contributed by atoms with Gasteiger partial charge in [0.15, 0.2) is 0 Å². The predicted octanol–water partition coefficient (Wildman–Crippen LogP) is 5.45. The molecule has 0 spiro atoms. The number of aliphatic hydroxyl groups excluding tert-OH is 1. The van der Waals surface area contributed by atoms with Crippen LogP contribution in [-0.4, -0.2) is 46.3 Å². The molecule has 5 rings (SSSR count). The van der Waals surface area contributed by atoms with Gasteiger partial charge in [0.25, 0.3) is 0 Å². The van der Waals surface area contributed by atoms with Crippen LogP contribution in [-0.2, 0) is 45.4 Å². The molecule has 0 radical (unpaired) electrons. The van der Waals surface area contributed by atoms with Crippen LogP contribution >= 0.6 is 0 Å². The van der Waals surface area contributed by atoms with E-state index in [1.165, 1.54) is 0 Å². The summed E-state index contributed by atoms with van der Waals surface area (Å²) < 4.78 is 25.8. The summed E-state index contributed by atoms with van der Waals surface area (Å²) in [7, 11) is 0. The van der Waals surface area contributed by atoms with Crippen molar-refractivity contribution in [2.75, 3.05) is 0 Å². The van der Waals surface area contributed by atoms with Gasteiger partial charge in [0, 0.05) is 0 Å². The van der Waals surface area contributed by atoms with Crippen LogP contribution in [0.15, 0.2) is 121 Å². The van der Waals surface area contributed by atoms with Crippen LogP contribution in [0.1, 0.15) is 29.2 Å². The van der Waals surface area contributed by atoms with Gasteiger partial charge in [0.2, 0.25) is 0 Å². The lowest BCUT2D eigenvalue weighted by Crippen LogP contribution is -2.71. The molecule has 0 saturated heterocycles. The van der Waals surface area contributed by atoms with E-state index in [2.05, 4.69) is 0 Å². The van der Waals surface area contributed by atoms with Crippen LogP contribution < -0.4 is 0 Å². The summed E-state index contributed by atoms with van der Waals surface area (Å²) in [6, 6.07) is 39.2. The second-order valence-electron chi connectivity index (χ2n) is 10.7. The summed E-state index contributed by atoms with van der Waals surface area (Å²) in [5, 5.41) is 23.5. The first-order chi connectivity index (χ1) is 20.0. The minimum atomic E-state index is -1.69. The number of ether oxygens (including phenoxy) is 4. The molecule has 214 valence electrons. The molecule has 6 nitrogen and oxygen atoms in total. The number of aliphatic hydroxyl groups is 2. The third kappa shape index (κ3) is 7.49. The fraction of sp³-hybridized carbons (Fsp3) is 0.314. The second-order valence-corrected chi connectivity index (χ2v) is 10.7. The lowest BCUT2D eigenvalue weighted by molar-refractivity contribution is -0.302. The maximum Gasteiger partial charge on any atom is 0.119 e. The molecule has 1 fully saturated rings. The van der Waals surface area contributed by atoms with Crippen molar-refractivity contribution in [2.45, 2.75) is 69.5 Å². The van der Waals surface area contributed by atoms with E-state index in [0.717, 1.165) is 22.3 Å². The highest BCUT2D eigenvalue weighted by Gasteiger charge is 2.59. The maximum atomic E-state index is 11.8. The SMILES string of the molecule is C[C@@]1(O)[C@H](O)[C@@H](OCc2ccccc2)[C@H](OCc2ccccc2)[C@@H](OCc2ccccc2)[C@@H]1OCc1ccccc1. The molecular weight excluding hydrogens is 516 g/mol. The third-order valence-electron chi connectivity index (χ3n) is 7.56. The molecule has 6 atom stereocenters. The predicted molar refractivity (Wildman–Crippen MR) is 157 cm³/mol. The van der Waals surface area contributed by atoms with Crippen molar-refractivity contribution in [1.29, 1.82) is 0 Å². The van der Waals surface area contributed by atoms with E-state index in [9.17, 15) is 10.2 Å². The Morgan fingerprint density at radius 1 is 0.488 bits per heavy atom. The minimum absolute atomic E-state index is 0.237. The minimum Gasteiger partial charge on any atom is -0.387 e. The highest BCUT2D eigenvalue weighted by atomic mass is 16.6. The molecule has 6 heteroatoms. The van der Waals surface area contributed by atoms with E-state index in [1.807, 2.05) is 121 Å². The topological polar surface area (TPSA) is 77.4 Å². The van der Waals surface area contributed by atoms with Gasteiger partial charge in [0.1, 0.15) is 36.1 Å². The van der Waals surface area contributed by atoms with Gasteiger partial charge in [-0.15, -0.1) is 0 Å². The Kier molecular flexibility index (Phi) is 9.96. The van der Waals surface area contributed by atoms with Crippen molar-refractivity contribution in [2.24, 2.45) is 0 Å². The van der Waals surface area contributed by atoms with E-state index in [0.29, 0.717) is 0 Å². The highest BCUT2D eigenvalue weighted by molar-refractivity contribution is 5.18. The molecule has 2 N–H and O–H groups in total. The van der Waals surface area contributed by atoms with Crippen LogP contribution in [0.5, 0.6) is 0 Å². The average molecular weight is 555 g/mol. The van der Waals surface area contributed by atoms with Crippen LogP contribution in [0, 0.1) is 0 Å². The first-order valence-corrected chi connectivity index (χ1v) is 14.0. The summed E-state index contributed by atoms with van der Waals surface area (Å²) in [5.74, 6) is 0. The molecule has 0 bridgehead atoms. The summed E-state index contributed by atoms with van der Waals surface area (Å²) in [4.78, 5) is 0. The molecule has 41 heavy (non-hydrogen) atoms. The van der Waals surface area contributed by atoms with Gasteiger partial charge in [-0.05, 0) is 29.2 Å². The standard InChI is InChI=1S/C35H38O6/c1-35(37)33(36)31(39-23-27-16-8-3-9-17-27)30(38-22-26-14-6-2-7-15-26)32(40-24-28-18-10-4-11-19-28)34(35)41-25-29-20-12-5-13-21-29/h2-21,30-34,36-37H,22-25H2,1H3/t30-,31-,32+,33+,34-,35+/m0/s1. The van der Waals surface area contributed by atoms with Crippen molar-refractivity contribution < 1.29 is 29.2 Å². The van der Waals surface area contributed by atoms with Gasteiger partial charge < -0.3 is 29.2 Å². The van der Waals surface area contributed by atoms with Crippen molar-refractivity contribution in [1.82, 2.24) is 0 Å². The molecule has 0 unspecified atom stereocenters. The summed E-state index contributed by atoms with van der Waals surface area (Å²) >= 11 is 0. The Morgan fingerprint density at radius 2 is 0.805 bits per heavy atom.